The SMILES string of the molecule is CC/C=C/C/C=C/C/C=C/C/C=C/CCCCCCCCCC(=O)OC(COCCC(C(=O)[O-])[N+](C)(C)C)COC(=O)CCCC/C=C/C/C=C/C/C=C/CC. The first-order valence-corrected chi connectivity index (χ1v) is 21.6. The first-order chi connectivity index (χ1) is 27.1. The van der Waals surface area contributed by atoms with E-state index >= 15 is 0 Å². The van der Waals surface area contributed by atoms with Crippen LogP contribution < -0.4 is 5.11 Å². The lowest BCUT2D eigenvalue weighted by Gasteiger charge is -2.34. The van der Waals surface area contributed by atoms with Gasteiger partial charge in [0.05, 0.1) is 40.3 Å². The van der Waals surface area contributed by atoms with Crippen LogP contribution in [0.1, 0.15) is 149 Å². The van der Waals surface area contributed by atoms with E-state index in [1.807, 2.05) is 0 Å². The molecule has 0 aromatic carbocycles. The van der Waals surface area contributed by atoms with Crippen LogP contribution in [-0.4, -0.2) is 75.5 Å². The molecule has 318 valence electrons. The Labute approximate surface area is 342 Å². The monoisotopic (exact) mass is 782 g/mol. The third-order valence-corrected chi connectivity index (χ3v) is 9.03. The van der Waals surface area contributed by atoms with Gasteiger partial charge >= 0.3 is 11.9 Å². The number of carbonyl (C=O) groups excluding carboxylic acids is 3. The van der Waals surface area contributed by atoms with Crippen molar-refractivity contribution in [1.29, 1.82) is 0 Å². The maximum Gasteiger partial charge on any atom is 0.306 e. The first kappa shape index (κ1) is 52.5. The summed E-state index contributed by atoms with van der Waals surface area (Å²) in [5, 5.41) is 11.6. The summed E-state index contributed by atoms with van der Waals surface area (Å²) in [5.74, 6) is -1.81. The van der Waals surface area contributed by atoms with Crippen molar-refractivity contribution in [2.45, 2.75) is 161 Å². The van der Waals surface area contributed by atoms with Gasteiger partial charge in [0.2, 0.25) is 0 Å². The highest BCUT2D eigenvalue weighted by Gasteiger charge is 2.25. The minimum atomic E-state index is -1.14. The molecule has 0 saturated carbocycles. The summed E-state index contributed by atoms with van der Waals surface area (Å²) in [6, 6.07) is -0.737. The zero-order valence-electron chi connectivity index (χ0n) is 36.0. The number of rotatable bonds is 37. The van der Waals surface area contributed by atoms with E-state index < -0.39 is 18.1 Å². The highest BCUT2D eigenvalue weighted by atomic mass is 16.6. The molecule has 0 bridgehead atoms. The van der Waals surface area contributed by atoms with Gasteiger partial charge in [-0.3, -0.25) is 9.59 Å². The van der Waals surface area contributed by atoms with Crippen molar-refractivity contribution in [3.8, 4) is 0 Å². The predicted octanol–water partition coefficient (Wildman–Crippen LogP) is 10.4. The van der Waals surface area contributed by atoms with E-state index in [-0.39, 0.29) is 42.7 Å². The topological polar surface area (TPSA) is 102 Å². The maximum absolute atomic E-state index is 12.7. The summed E-state index contributed by atoms with van der Waals surface area (Å²) in [6.07, 6.45) is 49.0. The molecule has 0 aliphatic carbocycles. The van der Waals surface area contributed by atoms with E-state index in [9.17, 15) is 19.5 Å². The summed E-state index contributed by atoms with van der Waals surface area (Å²) in [6.45, 7) is 4.35. The maximum atomic E-state index is 12.7. The average molecular weight is 782 g/mol. The smallest absolute Gasteiger partial charge is 0.306 e. The van der Waals surface area contributed by atoms with Crippen LogP contribution in [0.2, 0.25) is 0 Å². The number of carboxylic acids is 1. The number of hydrogen-bond donors (Lipinski definition) is 0. The predicted molar refractivity (Wildman–Crippen MR) is 231 cm³/mol. The van der Waals surface area contributed by atoms with Crippen LogP contribution in [0, 0.1) is 0 Å². The van der Waals surface area contributed by atoms with Gasteiger partial charge in [-0.05, 0) is 83.5 Å². The van der Waals surface area contributed by atoms with Crippen LogP contribution in [0.15, 0.2) is 85.1 Å². The number of esters is 2. The molecule has 0 heterocycles. The van der Waals surface area contributed by atoms with E-state index in [0.717, 1.165) is 89.9 Å². The molecule has 2 atom stereocenters. The van der Waals surface area contributed by atoms with Crippen LogP contribution in [0.25, 0.3) is 0 Å². The van der Waals surface area contributed by atoms with Gasteiger partial charge in [-0.1, -0.05) is 131 Å². The van der Waals surface area contributed by atoms with Crippen molar-refractivity contribution in [1.82, 2.24) is 0 Å². The third kappa shape index (κ3) is 36.2. The Balaban J connectivity index is 4.40. The van der Waals surface area contributed by atoms with Crippen molar-refractivity contribution < 1.29 is 38.2 Å². The van der Waals surface area contributed by atoms with Gasteiger partial charge in [-0.25, -0.2) is 0 Å². The van der Waals surface area contributed by atoms with E-state index in [0.29, 0.717) is 19.3 Å². The van der Waals surface area contributed by atoms with Gasteiger partial charge < -0.3 is 28.6 Å². The summed E-state index contributed by atoms with van der Waals surface area (Å²) in [7, 11) is 5.38. The lowest BCUT2D eigenvalue weighted by atomic mass is 10.1. The van der Waals surface area contributed by atoms with E-state index in [1.54, 1.807) is 21.1 Å². The van der Waals surface area contributed by atoms with Gasteiger partial charge in [0.15, 0.2) is 6.10 Å². The van der Waals surface area contributed by atoms with Crippen LogP contribution in [0.3, 0.4) is 0 Å². The molecule has 8 heteroatoms. The minimum absolute atomic E-state index is 0.0188. The van der Waals surface area contributed by atoms with Gasteiger partial charge in [-0.2, -0.15) is 0 Å². The van der Waals surface area contributed by atoms with Crippen molar-refractivity contribution in [2.75, 3.05) is 41.0 Å². The average Bonchev–Trinajstić information content (AvgIpc) is 3.15. The van der Waals surface area contributed by atoms with Crippen LogP contribution in [0.5, 0.6) is 0 Å². The Morgan fingerprint density at radius 3 is 1.43 bits per heavy atom. The normalized spacial score (nSPS) is 13.8. The molecule has 0 aliphatic heterocycles. The Morgan fingerprint density at radius 2 is 0.946 bits per heavy atom. The highest BCUT2D eigenvalue weighted by Crippen LogP contribution is 2.13. The molecular weight excluding hydrogens is 703 g/mol. The van der Waals surface area contributed by atoms with Crippen molar-refractivity contribution in [2.24, 2.45) is 0 Å². The standard InChI is InChI=1S/C48H79NO7/c1-6-8-10-12-14-16-18-20-21-22-23-24-25-26-27-29-31-33-35-37-39-47(51)56-44(42-54-41-40-45(48(52)53)49(3,4)5)43-55-46(50)38-36-34-32-30-28-19-17-15-13-11-9-7-2/h8-11,14-17,20-21,23-24,28,30,44-45H,6-7,12-13,18-19,22,25-27,29,31-43H2,1-5H3/b10-8+,11-9+,16-14+,17-15+,21-20+,24-23+,30-28+. The van der Waals surface area contributed by atoms with E-state index in [2.05, 4.69) is 98.9 Å². The largest absolute Gasteiger partial charge is 0.544 e. The lowest BCUT2D eigenvalue weighted by Crippen LogP contribution is -2.55. The molecule has 0 fully saturated rings. The second-order valence-corrected chi connectivity index (χ2v) is 15.2. The van der Waals surface area contributed by atoms with Crippen molar-refractivity contribution >= 4 is 17.9 Å². The lowest BCUT2D eigenvalue weighted by molar-refractivity contribution is -0.889. The number of carboxylic acid groups (broad SMARTS) is 1. The molecule has 0 aliphatic rings. The van der Waals surface area contributed by atoms with Crippen molar-refractivity contribution in [3.05, 3.63) is 85.1 Å². The number of ether oxygens (including phenoxy) is 3. The molecule has 0 spiro atoms. The summed E-state index contributed by atoms with van der Waals surface area (Å²) >= 11 is 0. The van der Waals surface area contributed by atoms with Gasteiger partial charge in [0.1, 0.15) is 12.6 Å². The molecule has 2 unspecified atom stereocenters. The molecule has 8 nitrogen and oxygen atoms in total. The fourth-order valence-corrected chi connectivity index (χ4v) is 5.72. The van der Waals surface area contributed by atoms with Crippen LogP contribution in [-0.2, 0) is 28.6 Å². The number of unbranched alkanes of at least 4 members (excludes halogenated alkanes) is 9. The summed E-state index contributed by atoms with van der Waals surface area (Å²) in [4.78, 5) is 36.8. The molecule has 0 saturated heterocycles. The van der Waals surface area contributed by atoms with Gasteiger partial charge in [-0.15, -0.1) is 0 Å². The second kappa shape index (κ2) is 38.4. The minimum Gasteiger partial charge on any atom is -0.544 e. The number of quaternary nitrogens is 1. The summed E-state index contributed by atoms with van der Waals surface area (Å²) < 4.78 is 17.1. The van der Waals surface area contributed by atoms with Crippen LogP contribution >= 0.6 is 0 Å². The number of nitrogens with zero attached hydrogens (tertiary/aromatic N) is 1. The van der Waals surface area contributed by atoms with E-state index in [1.165, 1.54) is 19.3 Å². The zero-order valence-corrected chi connectivity index (χ0v) is 36.0. The van der Waals surface area contributed by atoms with Gasteiger partial charge in [0, 0.05) is 19.3 Å². The first-order valence-electron chi connectivity index (χ1n) is 21.6. The molecule has 0 rings (SSSR count). The number of aliphatic carboxylic acids is 1. The highest BCUT2D eigenvalue weighted by molar-refractivity contribution is 5.70. The fraction of sp³-hybridized carbons (Fsp3) is 0.646. The zero-order chi connectivity index (χ0) is 41.4. The Morgan fingerprint density at radius 1 is 0.536 bits per heavy atom. The molecule has 0 aromatic heterocycles. The Hall–Kier alpha value is -3.49. The molecule has 56 heavy (non-hydrogen) atoms. The Bertz CT molecular complexity index is 1190. The second-order valence-electron chi connectivity index (χ2n) is 15.2. The van der Waals surface area contributed by atoms with E-state index in [4.69, 9.17) is 14.2 Å². The van der Waals surface area contributed by atoms with Crippen LogP contribution in [0.4, 0.5) is 0 Å². The number of allylic oxidation sites excluding steroid dienone is 14. The third-order valence-electron chi connectivity index (χ3n) is 9.03. The molecule has 0 amide bonds. The quantitative estimate of drug-likeness (QED) is 0.0268. The Kier molecular flexibility index (Phi) is 36.0. The van der Waals surface area contributed by atoms with Gasteiger partial charge in [0.25, 0.3) is 0 Å². The fourth-order valence-electron chi connectivity index (χ4n) is 5.72. The number of hydrogen-bond acceptors (Lipinski definition) is 7. The summed E-state index contributed by atoms with van der Waals surface area (Å²) in [5.41, 5.74) is 0. The molecular formula is C48H79NO7. The number of carbonyl (C=O) groups is 3. The molecule has 0 radical (unpaired) electrons. The molecule has 0 N–H and O–H groups in total. The molecule has 0 aromatic rings. The van der Waals surface area contributed by atoms with Crippen molar-refractivity contribution in [3.63, 3.8) is 0 Å². The number of likely N-dealkylation sites (N-methyl/N-ethyl adjacent to an activating group) is 1.